The third-order valence-electron chi connectivity index (χ3n) is 6.26. The highest BCUT2D eigenvalue weighted by atomic mass is 16.5. The number of nitrogens with zero attached hydrogens (tertiary/aromatic N) is 2. The molecule has 162 valence electrons. The van der Waals surface area contributed by atoms with Crippen LogP contribution in [0.15, 0.2) is 60.7 Å². The lowest BCUT2D eigenvalue weighted by Crippen LogP contribution is -2.46. The number of anilines is 1. The van der Waals surface area contributed by atoms with Crippen LogP contribution >= 0.6 is 0 Å². The minimum atomic E-state index is -0.340. The molecule has 4 rings (SSSR count). The maximum absolute atomic E-state index is 11.9. The molecule has 3 aromatic carbocycles. The van der Waals surface area contributed by atoms with Gasteiger partial charge >= 0.3 is 0 Å². The van der Waals surface area contributed by atoms with Crippen LogP contribution in [0.5, 0.6) is 5.75 Å². The van der Waals surface area contributed by atoms with Crippen molar-refractivity contribution in [1.82, 2.24) is 4.90 Å². The summed E-state index contributed by atoms with van der Waals surface area (Å²) in [5.41, 5.74) is 8.57. The molecule has 0 spiro atoms. The summed E-state index contributed by atoms with van der Waals surface area (Å²) in [5.74, 6) is 0.601. The van der Waals surface area contributed by atoms with Crippen molar-refractivity contribution in [1.29, 1.82) is 0 Å². The van der Waals surface area contributed by atoms with E-state index in [1.165, 1.54) is 5.69 Å². The average Bonchev–Trinajstić information content (AvgIpc) is 2.82. The standard InChI is InChI=1S/C26H31N3O2/c1-31-25-12-5-4-11-24(25)29-18-16-28(17-19-29)15-7-6-10-22-21-9-3-2-8-20(21)13-14-23(22)26(27)30/h2-5,8-9,11-14H,6-7,10,15-19H2,1H3,(H2,27,30). The molecule has 1 aliphatic rings. The van der Waals surface area contributed by atoms with Crippen molar-refractivity contribution >= 4 is 22.4 Å². The van der Waals surface area contributed by atoms with E-state index >= 15 is 0 Å². The number of aryl methyl sites for hydroxylation is 1. The molecule has 0 saturated carbocycles. The topological polar surface area (TPSA) is 58.8 Å². The first-order valence-electron chi connectivity index (χ1n) is 11.1. The van der Waals surface area contributed by atoms with Gasteiger partial charge in [0, 0.05) is 31.7 Å². The minimum Gasteiger partial charge on any atom is -0.495 e. The van der Waals surface area contributed by atoms with Crippen LogP contribution in [0.1, 0.15) is 28.8 Å². The van der Waals surface area contributed by atoms with Crippen LogP contribution in [0, 0.1) is 0 Å². The molecule has 31 heavy (non-hydrogen) atoms. The molecule has 2 N–H and O–H groups in total. The van der Waals surface area contributed by atoms with E-state index in [-0.39, 0.29) is 5.91 Å². The number of nitrogens with two attached hydrogens (primary N) is 1. The number of rotatable bonds is 8. The Morgan fingerprint density at radius 2 is 1.68 bits per heavy atom. The number of carbonyl (C=O) groups is 1. The van der Waals surface area contributed by atoms with Crippen molar-refractivity contribution < 1.29 is 9.53 Å². The highest BCUT2D eigenvalue weighted by Crippen LogP contribution is 2.28. The van der Waals surface area contributed by atoms with Crippen LogP contribution in [0.25, 0.3) is 10.8 Å². The highest BCUT2D eigenvalue weighted by molar-refractivity contribution is 6.00. The Morgan fingerprint density at radius 3 is 2.45 bits per heavy atom. The molecular weight excluding hydrogens is 386 g/mol. The Bertz CT molecular complexity index is 1040. The molecular formula is C26H31N3O2. The maximum Gasteiger partial charge on any atom is 0.248 e. The summed E-state index contributed by atoms with van der Waals surface area (Å²) in [6, 6.07) is 20.3. The van der Waals surface area contributed by atoms with Gasteiger partial charge in [0.25, 0.3) is 0 Å². The first-order valence-corrected chi connectivity index (χ1v) is 11.1. The van der Waals surface area contributed by atoms with Crippen molar-refractivity contribution in [3.63, 3.8) is 0 Å². The predicted molar refractivity (Wildman–Crippen MR) is 127 cm³/mol. The molecule has 0 aliphatic carbocycles. The van der Waals surface area contributed by atoms with Crippen LogP contribution in [-0.4, -0.2) is 50.6 Å². The Kier molecular flexibility index (Phi) is 6.73. The third kappa shape index (κ3) is 4.83. The number of ether oxygens (including phenoxy) is 1. The lowest BCUT2D eigenvalue weighted by atomic mass is 9.94. The number of hydrogen-bond acceptors (Lipinski definition) is 4. The fraction of sp³-hybridized carbons (Fsp3) is 0.346. The van der Waals surface area contributed by atoms with Gasteiger partial charge in [0.15, 0.2) is 0 Å². The number of benzene rings is 3. The molecule has 0 bridgehead atoms. The summed E-state index contributed by atoms with van der Waals surface area (Å²) in [4.78, 5) is 16.9. The molecule has 1 amide bonds. The van der Waals surface area contributed by atoms with E-state index in [2.05, 4.69) is 34.1 Å². The Hall–Kier alpha value is -3.05. The number of carbonyl (C=O) groups excluding carboxylic acids is 1. The van der Waals surface area contributed by atoms with Crippen LogP contribution in [-0.2, 0) is 6.42 Å². The quantitative estimate of drug-likeness (QED) is 0.561. The van der Waals surface area contributed by atoms with Crippen molar-refractivity contribution in [2.45, 2.75) is 19.3 Å². The maximum atomic E-state index is 11.9. The fourth-order valence-corrected chi connectivity index (χ4v) is 4.58. The zero-order valence-corrected chi connectivity index (χ0v) is 18.2. The Balaban J connectivity index is 1.31. The molecule has 0 unspecified atom stereocenters. The summed E-state index contributed by atoms with van der Waals surface area (Å²) >= 11 is 0. The number of amides is 1. The predicted octanol–water partition coefficient (Wildman–Crippen LogP) is 4.09. The zero-order valence-electron chi connectivity index (χ0n) is 18.2. The van der Waals surface area contributed by atoms with Crippen molar-refractivity contribution in [3.05, 3.63) is 71.8 Å². The number of fused-ring (bicyclic) bond motifs is 1. The lowest BCUT2D eigenvalue weighted by molar-refractivity contribution is 0.0999. The Labute approximate surface area is 184 Å². The summed E-state index contributed by atoms with van der Waals surface area (Å²) in [6.45, 7) is 5.21. The van der Waals surface area contributed by atoms with E-state index in [4.69, 9.17) is 10.5 Å². The van der Waals surface area contributed by atoms with Gasteiger partial charge in [0.1, 0.15) is 5.75 Å². The molecule has 1 heterocycles. The number of hydrogen-bond donors (Lipinski definition) is 1. The molecule has 5 nitrogen and oxygen atoms in total. The Morgan fingerprint density at radius 1 is 0.935 bits per heavy atom. The van der Waals surface area contributed by atoms with E-state index in [0.717, 1.165) is 74.1 Å². The molecule has 1 saturated heterocycles. The molecule has 3 aromatic rings. The number of piperazine rings is 1. The van der Waals surface area contributed by atoms with Crippen molar-refractivity contribution in [2.75, 3.05) is 44.7 Å². The molecule has 0 atom stereocenters. The number of primary amides is 1. The second-order valence-corrected chi connectivity index (χ2v) is 8.13. The molecule has 5 heteroatoms. The smallest absolute Gasteiger partial charge is 0.248 e. The van der Waals surface area contributed by atoms with Gasteiger partial charge in [-0.25, -0.2) is 0 Å². The van der Waals surface area contributed by atoms with Crippen molar-refractivity contribution in [2.24, 2.45) is 5.73 Å². The first kappa shape index (κ1) is 21.2. The van der Waals surface area contributed by atoms with E-state index in [1.54, 1.807) is 7.11 Å². The summed E-state index contributed by atoms with van der Waals surface area (Å²) in [5, 5.41) is 2.30. The average molecular weight is 418 g/mol. The van der Waals surface area contributed by atoms with Crippen molar-refractivity contribution in [3.8, 4) is 5.75 Å². The highest BCUT2D eigenvalue weighted by Gasteiger charge is 2.19. The monoisotopic (exact) mass is 417 g/mol. The molecule has 0 aromatic heterocycles. The lowest BCUT2D eigenvalue weighted by Gasteiger charge is -2.36. The van der Waals surface area contributed by atoms with Crippen LogP contribution in [0.3, 0.4) is 0 Å². The molecule has 0 radical (unpaired) electrons. The molecule has 1 aliphatic heterocycles. The van der Waals surface area contributed by atoms with Gasteiger partial charge < -0.3 is 15.4 Å². The third-order valence-corrected chi connectivity index (χ3v) is 6.26. The van der Waals surface area contributed by atoms with E-state index in [9.17, 15) is 4.79 Å². The van der Waals surface area contributed by atoms with Gasteiger partial charge in [0.05, 0.1) is 12.8 Å². The van der Waals surface area contributed by atoms with Gasteiger partial charge in [-0.05, 0) is 60.3 Å². The van der Waals surface area contributed by atoms with Crippen LogP contribution in [0.2, 0.25) is 0 Å². The number of unbranched alkanes of at least 4 members (excludes halogenated alkanes) is 1. The summed E-state index contributed by atoms with van der Waals surface area (Å²) in [6.07, 6.45) is 3.03. The van der Waals surface area contributed by atoms with E-state index in [0.29, 0.717) is 5.56 Å². The minimum absolute atomic E-state index is 0.340. The number of methoxy groups -OCH3 is 1. The van der Waals surface area contributed by atoms with Gasteiger partial charge in [-0.3, -0.25) is 9.69 Å². The van der Waals surface area contributed by atoms with E-state index < -0.39 is 0 Å². The number of para-hydroxylation sites is 2. The fourth-order valence-electron chi connectivity index (χ4n) is 4.58. The SMILES string of the molecule is COc1ccccc1N1CCN(CCCCc2c(C(N)=O)ccc3ccccc23)CC1. The van der Waals surface area contributed by atoms with Gasteiger partial charge in [-0.15, -0.1) is 0 Å². The van der Waals surface area contributed by atoms with Gasteiger partial charge in [-0.1, -0.05) is 42.5 Å². The second-order valence-electron chi connectivity index (χ2n) is 8.13. The molecule has 1 fully saturated rings. The summed E-state index contributed by atoms with van der Waals surface area (Å²) in [7, 11) is 1.73. The van der Waals surface area contributed by atoms with Crippen LogP contribution < -0.4 is 15.4 Å². The zero-order chi connectivity index (χ0) is 21.6. The van der Waals surface area contributed by atoms with Gasteiger partial charge in [-0.2, -0.15) is 0 Å². The van der Waals surface area contributed by atoms with E-state index in [1.807, 2.05) is 36.4 Å². The normalized spacial score (nSPS) is 14.7. The largest absolute Gasteiger partial charge is 0.495 e. The first-order chi connectivity index (χ1) is 15.2. The van der Waals surface area contributed by atoms with Gasteiger partial charge in [0.2, 0.25) is 5.91 Å². The summed E-state index contributed by atoms with van der Waals surface area (Å²) < 4.78 is 5.52. The van der Waals surface area contributed by atoms with Crippen LogP contribution in [0.4, 0.5) is 5.69 Å². The second kappa shape index (κ2) is 9.84.